The highest BCUT2D eigenvalue weighted by Gasteiger charge is 2.30. The van der Waals surface area contributed by atoms with Crippen LogP contribution in [0, 0.1) is 0 Å². The van der Waals surface area contributed by atoms with Crippen LogP contribution in [0.25, 0.3) is 0 Å². The third kappa shape index (κ3) is 1.84. The molecule has 12 heavy (non-hydrogen) atoms. The van der Waals surface area contributed by atoms with Crippen LogP contribution < -0.4 is 0 Å². The molecule has 0 bridgehead atoms. The Bertz CT molecular complexity index is 241. The Balaban J connectivity index is 1.94. The van der Waals surface area contributed by atoms with Crippen LogP contribution in [0.1, 0.15) is 5.56 Å². The van der Waals surface area contributed by atoms with Crippen LogP contribution in [0.3, 0.4) is 0 Å². The van der Waals surface area contributed by atoms with Crippen LogP contribution in [0.5, 0.6) is 0 Å². The predicted octanol–water partition coefficient (Wildman–Crippen LogP) is 0.989. The van der Waals surface area contributed by atoms with E-state index in [1.54, 1.807) is 0 Å². The molecule has 0 aromatic heterocycles. The molecule has 2 rings (SSSR count). The van der Waals surface area contributed by atoms with Gasteiger partial charge < -0.3 is 9.84 Å². The Morgan fingerprint density at radius 3 is 2.67 bits per heavy atom. The van der Waals surface area contributed by atoms with Gasteiger partial charge in [0, 0.05) is 6.42 Å². The number of aliphatic hydroxyl groups is 1. The minimum atomic E-state index is -0.326. The largest absolute Gasteiger partial charge is 0.390 e. The number of hydrogen-bond donors (Lipinski definition) is 1. The molecule has 1 aliphatic rings. The molecule has 2 atom stereocenters. The third-order valence-electron chi connectivity index (χ3n) is 2.08. The standard InChI is InChI=1S/C10H12O2/c11-9(10-7-12-10)6-8-4-2-1-3-5-8/h1-5,9-11H,6-7H2/t9?,10-/m1/s1. The van der Waals surface area contributed by atoms with Crippen molar-refractivity contribution in [2.24, 2.45) is 0 Å². The monoisotopic (exact) mass is 164 g/mol. The minimum Gasteiger partial charge on any atom is -0.390 e. The first-order valence-electron chi connectivity index (χ1n) is 4.20. The van der Waals surface area contributed by atoms with Gasteiger partial charge >= 0.3 is 0 Å². The fourth-order valence-corrected chi connectivity index (χ4v) is 1.26. The molecule has 1 aromatic carbocycles. The molecule has 2 heteroatoms. The van der Waals surface area contributed by atoms with Crippen LogP contribution in [-0.4, -0.2) is 23.9 Å². The molecule has 1 aliphatic heterocycles. The quantitative estimate of drug-likeness (QED) is 0.676. The summed E-state index contributed by atoms with van der Waals surface area (Å²) in [6.45, 7) is 0.716. The number of epoxide rings is 1. The molecule has 2 nitrogen and oxygen atoms in total. The highest BCUT2D eigenvalue weighted by atomic mass is 16.6. The zero-order chi connectivity index (χ0) is 8.39. The molecule has 0 spiro atoms. The average molecular weight is 164 g/mol. The average Bonchev–Trinajstić information content (AvgIpc) is 2.88. The molecule has 0 amide bonds. The first kappa shape index (κ1) is 7.77. The van der Waals surface area contributed by atoms with Gasteiger partial charge in [0.2, 0.25) is 0 Å². The molecular weight excluding hydrogens is 152 g/mol. The Hall–Kier alpha value is -0.860. The molecule has 1 fully saturated rings. The molecule has 0 radical (unpaired) electrons. The van der Waals surface area contributed by atoms with Gasteiger partial charge in [-0.3, -0.25) is 0 Å². The van der Waals surface area contributed by atoms with Crippen LogP contribution >= 0.6 is 0 Å². The van der Waals surface area contributed by atoms with Gasteiger partial charge in [-0.25, -0.2) is 0 Å². The highest BCUT2D eigenvalue weighted by Crippen LogP contribution is 2.17. The fraction of sp³-hybridized carbons (Fsp3) is 0.400. The van der Waals surface area contributed by atoms with Gasteiger partial charge in [-0.05, 0) is 5.56 Å². The lowest BCUT2D eigenvalue weighted by Gasteiger charge is -2.06. The van der Waals surface area contributed by atoms with Crippen molar-refractivity contribution in [3.63, 3.8) is 0 Å². The Morgan fingerprint density at radius 1 is 1.42 bits per heavy atom. The zero-order valence-electron chi connectivity index (χ0n) is 6.81. The second kappa shape index (κ2) is 3.25. The van der Waals surface area contributed by atoms with E-state index in [1.807, 2.05) is 30.3 Å². The summed E-state index contributed by atoms with van der Waals surface area (Å²) in [4.78, 5) is 0. The van der Waals surface area contributed by atoms with Crippen LogP contribution in [0.15, 0.2) is 30.3 Å². The SMILES string of the molecule is OC(Cc1ccccc1)[C@H]1CO1. The maximum Gasteiger partial charge on any atom is 0.107 e. The Morgan fingerprint density at radius 2 is 2.08 bits per heavy atom. The Labute approximate surface area is 71.8 Å². The first-order valence-corrected chi connectivity index (χ1v) is 4.20. The van der Waals surface area contributed by atoms with E-state index in [0.29, 0.717) is 13.0 Å². The summed E-state index contributed by atoms with van der Waals surface area (Å²) in [6, 6.07) is 9.98. The lowest BCUT2D eigenvalue weighted by molar-refractivity contribution is 0.135. The van der Waals surface area contributed by atoms with Crippen molar-refractivity contribution in [1.82, 2.24) is 0 Å². The van der Waals surface area contributed by atoms with Crippen molar-refractivity contribution < 1.29 is 9.84 Å². The van der Waals surface area contributed by atoms with Crippen LogP contribution in [-0.2, 0) is 11.2 Å². The first-order chi connectivity index (χ1) is 5.86. The summed E-state index contributed by atoms with van der Waals surface area (Å²) < 4.78 is 4.99. The van der Waals surface area contributed by atoms with Gasteiger partial charge in [0.05, 0.1) is 12.7 Å². The van der Waals surface area contributed by atoms with Crippen molar-refractivity contribution in [3.8, 4) is 0 Å². The molecule has 1 heterocycles. The summed E-state index contributed by atoms with van der Waals surface area (Å²) in [5.41, 5.74) is 1.17. The normalized spacial score (nSPS) is 23.6. The smallest absolute Gasteiger partial charge is 0.107 e. The van der Waals surface area contributed by atoms with Crippen molar-refractivity contribution >= 4 is 0 Å². The molecule has 1 aromatic rings. The van der Waals surface area contributed by atoms with E-state index in [-0.39, 0.29) is 12.2 Å². The number of rotatable bonds is 3. The van der Waals surface area contributed by atoms with E-state index >= 15 is 0 Å². The topological polar surface area (TPSA) is 32.8 Å². The van der Waals surface area contributed by atoms with Crippen molar-refractivity contribution in [1.29, 1.82) is 0 Å². The number of benzene rings is 1. The second-order valence-corrected chi connectivity index (χ2v) is 3.13. The maximum absolute atomic E-state index is 9.52. The summed E-state index contributed by atoms with van der Waals surface area (Å²) in [5.74, 6) is 0. The van der Waals surface area contributed by atoms with Crippen LogP contribution in [0.4, 0.5) is 0 Å². The zero-order valence-corrected chi connectivity index (χ0v) is 6.81. The van der Waals surface area contributed by atoms with E-state index in [9.17, 15) is 5.11 Å². The number of hydrogen-bond acceptors (Lipinski definition) is 2. The van der Waals surface area contributed by atoms with E-state index < -0.39 is 0 Å². The minimum absolute atomic E-state index is 0.0882. The third-order valence-corrected chi connectivity index (χ3v) is 2.08. The van der Waals surface area contributed by atoms with Crippen LogP contribution in [0.2, 0.25) is 0 Å². The lowest BCUT2D eigenvalue weighted by Crippen LogP contribution is -2.17. The van der Waals surface area contributed by atoms with Crippen molar-refractivity contribution in [2.45, 2.75) is 18.6 Å². The molecule has 1 N–H and O–H groups in total. The van der Waals surface area contributed by atoms with Gasteiger partial charge in [-0.15, -0.1) is 0 Å². The van der Waals surface area contributed by atoms with E-state index in [2.05, 4.69) is 0 Å². The van der Waals surface area contributed by atoms with Gasteiger partial charge in [0.1, 0.15) is 6.10 Å². The lowest BCUT2D eigenvalue weighted by atomic mass is 10.1. The van der Waals surface area contributed by atoms with Gasteiger partial charge in [-0.2, -0.15) is 0 Å². The van der Waals surface area contributed by atoms with Crippen molar-refractivity contribution in [3.05, 3.63) is 35.9 Å². The fourth-order valence-electron chi connectivity index (χ4n) is 1.26. The van der Waals surface area contributed by atoms with Gasteiger partial charge in [0.15, 0.2) is 0 Å². The number of ether oxygens (including phenoxy) is 1. The highest BCUT2D eigenvalue weighted by molar-refractivity contribution is 5.16. The second-order valence-electron chi connectivity index (χ2n) is 3.13. The molecule has 64 valence electrons. The van der Waals surface area contributed by atoms with E-state index in [0.717, 1.165) is 0 Å². The summed E-state index contributed by atoms with van der Waals surface area (Å²) in [7, 11) is 0. The Kier molecular flexibility index (Phi) is 2.11. The van der Waals surface area contributed by atoms with Gasteiger partial charge in [-0.1, -0.05) is 30.3 Å². The molecule has 0 saturated carbocycles. The summed E-state index contributed by atoms with van der Waals surface area (Å²) in [6.07, 6.45) is 0.462. The van der Waals surface area contributed by atoms with E-state index in [4.69, 9.17) is 4.74 Å². The van der Waals surface area contributed by atoms with Gasteiger partial charge in [0.25, 0.3) is 0 Å². The molecular formula is C10H12O2. The van der Waals surface area contributed by atoms with E-state index in [1.165, 1.54) is 5.56 Å². The maximum atomic E-state index is 9.52. The molecule has 1 unspecified atom stereocenters. The molecule has 0 aliphatic carbocycles. The molecule has 1 saturated heterocycles. The summed E-state index contributed by atoms with van der Waals surface area (Å²) in [5, 5.41) is 9.52. The number of aliphatic hydroxyl groups excluding tert-OH is 1. The summed E-state index contributed by atoms with van der Waals surface area (Å²) >= 11 is 0. The van der Waals surface area contributed by atoms with Crippen molar-refractivity contribution in [2.75, 3.05) is 6.61 Å². The predicted molar refractivity (Wildman–Crippen MR) is 45.9 cm³/mol.